The molecule has 3 rings (SSSR count). The average Bonchev–Trinajstić information content (AvgIpc) is 3.00. The summed E-state index contributed by atoms with van der Waals surface area (Å²) >= 11 is 0. The molecule has 0 amide bonds. The average molecular weight is 311 g/mol. The minimum Gasteiger partial charge on any atom is -0.300 e. The van der Waals surface area contributed by atoms with Gasteiger partial charge >= 0.3 is 0 Å². The fraction of sp³-hybridized carbons (Fsp3) is 0.550. The molecule has 1 heterocycles. The Hall–Kier alpha value is -1.61. The van der Waals surface area contributed by atoms with Gasteiger partial charge in [0.15, 0.2) is 0 Å². The van der Waals surface area contributed by atoms with Gasteiger partial charge in [0.1, 0.15) is 0 Å². The van der Waals surface area contributed by atoms with Crippen LogP contribution in [0.2, 0.25) is 0 Å². The number of hydrogen-bond donors (Lipinski definition) is 0. The summed E-state index contributed by atoms with van der Waals surface area (Å²) in [5, 5.41) is 4.63. The number of benzene rings is 1. The van der Waals surface area contributed by atoms with Crippen LogP contribution in [0.25, 0.3) is 11.3 Å². The van der Waals surface area contributed by atoms with E-state index in [9.17, 15) is 0 Å². The summed E-state index contributed by atoms with van der Waals surface area (Å²) in [6, 6.07) is 9.57. The van der Waals surface area contributed by atoms with Crippen LogP contribution in [0.3, 0.4) is 0 Å². The fourth-order valence-electron chi connectivity index (χ4n) is 3.93. The van der Waals surface area contributed by atoms with Crippen molar-refractivity contribution in [1.29, 1.82) is 0 Å². The van der Waals surface area contributed by atoms with Crippen LogP contribution in [-0.4, -0.2) is 33.8 Å². The normalized spacial score (nSPS) is 17.5. The van der Waals surface area contributed by atoms with Crippen molar-refractivity contribution < 1.29 is 0 Å². The Morgan fingerprint density at radius 3 is 2.61 bits per heavy atom. The maximum atomic E-state index is 4.63. The van der Waals surface area contributed by atoms with Gasteiger partial charge in [-0.15, -0.1) is 0 Å². The van der Waals surface area contributed by atoms with E-state index in [0.29, 0.717) is 6.04 Å². The van der Waals surface area contributed by atoms with Gasteiger partial charge in [-0.25, -0.2) is 0 Å². The Labute approximate surface area is 140 Å². The van der Waals surface area contributed by atoms with E-state index in [2.05, 4.69) is 48.1 Å². The molecular weight excluding hydrogens is 282 g/mol. The molecule has 1 aliphatic carbocycles. The Morgan fingerprint density at radius 1 is 1.17 bits per heavy atom. The third-order valence-corrected chi connectivity index (χ3v) is 4.99. The molecular formula is C20H29N3. The smallest absolute Gasteiger partial charge is 0.0925 e. The molecule has 0 spiro atoms. The van der Waals surface area contributed by atoms with Gasteiger partial charge in [-0.3, -0.25) is 4.68 Å². The number of fused-ring (bicyclic) bond motifs is 1. The van der Waals surface area contributed by atoms with Gasteiger partial charge < -0.3 is 4.90 Å². The van der Waals surface area contributed by atoms with Crippen LogP contribution in [0.4, 0.5) is 0 Å². The van der Waals surface area contributed by atoms with Gasteiger partial charge in [-0.1, -0.05) is 32.0 Å². The van der Waals surface area contributed by atoms with Crippen molar-refractivity contribution in [2.24, 2.45) is 7.05 Å². The van der Waals surface area contributed by atoms with E-state index >= 15 is 0 Å². The van der Waals surface area contributed by atoms with E-state index < -0.39 is 0 Å². The van der Waals surface area contributed by atoms with Gasteiger partial charge in [0.2, 0.25) is 0 Å². The zero-order valence-electron chi connectivity index (χ0n) is 14.8. The highest BCUT2D eigenvalue weighted by Gasteiger charge is 2.25. The summed E-state index contributed by atoms with van der Waals surface area (Å²) in [6.07, 6.45) is 8.18. The quantitative estimate of drug-likeness (QED) is 0.802. The van der Waals surface area contributed by atoms with Crippen molar-refractivity contribution >= 4 is 0 Å². The van der Waals surface area contributed by atoms with E-state index in [0.717, 1.165) is 5.69 Å². The van der Waals surface area contributed by atoms with Crippen molar-refractivity contribution in [3.8, 4) is 11.3 Å². The highest BCUT2D eigenvalue weighted by Crippen LogP contribution is 2.32. The lowest BCUT2D eigenvalue weighted by molar-refractivity contribution is 0.180. The topological polar surface area (TPSA) is 21.1 Å². The van der Waals surface area contributed by atoms with Gasteiger partial charge in [0.25, 0.3) is 0 Å². The van der Waals surface area contributed by atoms with Crippen LogP contribution >= 0.6 is 0 Å². The molecule has 0 radical (unpaired) electrons. The van der Waals surface area contributed by atoms with Gasteiger partial charge in [0.05, 0.1) is 5.69 Å². The molecule has 0 saturated heterocycles. The van der Waals surface area contributed by atoms with Crippen LogP contribution < -0.4 is 0 Å². The molecule has 0 bridgehead atoms. The second-order valence-electron chi connectivity index (χ2n) is 6.75. The van der Waals surface area contributed by atoms with Crippen molar-refractivity contribution in [2.45, 2.75) is 52.0 Å². The van der Waals surface area contributed by atoms with Crippen LogP contribution in [0.5, 0.6) is 0 Å². The Morgan fingerprint density at radius 2 is 1.96 bits per heavy atom. The maximum absolute atomic E-state index is 4.63. The summed E-state index contributed by atoms with van der Waals surface area (Å²) in [7, 11) is 1.99. The Kier molecular flexibility index (Phi) is 5.16. The highest BCUT2D eigenvalue weighted by atomic mass is 15.2. The Balaban J connectivity index is 1.89. The summed E-state index contributed by atoms with van der Waals surface area (Å²) in [5.74, 6) is 0. The summed E-state index contributed by atoms with van der Waals surface area (Å²) in [5.41, 5.74) is 5.50. The molecule has 23 heavy (non-hydrogen) atoms. The summed E-state index contributed by atoms with van der Waals surface area (Å²) < 4.78 is 1.90. The Bertz CT molecular complexity index is 638. The predicted molar refractivity (Wildman–Crippen MR) is 96.6 cm³/mol. The standard InChI is InChI=1S/C20H29N3/c1-4-12-23(13-5-2)17-10-9-16-7-6-8-18(19(16)15-17)20-11-14-22(3)21-20/h6-8,11,14,17H,4-5,9-10,12-13,15H2,1-3H3. The van der Waals surface area contributed by atoms with Gasteiger partial charge in [-0.2, -0.15) is 5.10 Å². The molecule has 1 unspecified atom stereocenters. The first-order valence-corrected chi connectivity index (χ1v) is 9.07. The molecule has 1 aromatic carbocycles. The number of aryl methyl sites for hydroxylation is 2. The third kappa shape index (κ3) is 3.50. The number of rotatable bonds is 6. The van der Waals surface area contributed by atoms with E-state index in [1.807, 2.05) is 17.9 Å². The molecule has 124 valence electrons. The second-order valence-corrected chi connectivity index (χ2v) is 6.75. The summed E-state index contributed by atoms with van der Waals surface area (Å²) in [6.45, 7) is 7.02. The van der Waals surface area contributed by atoms with Crippen molar-refractivity contribution in [3.63, 3.8) is 0 Å². The fourth-order valence-corrected chi connectivity index (χ4v) is 3.93. The molecule has 2 aromatic rings. The zero-order chi connectivity index (χ0) is 16.2. The van der Waals surface area contributed by atoms with E-state index in [1.54, 1.807) is 0 Å². The largest absolute Gasteiger partial charge is 0.300 e. The van der Waals surface area contributed by atoms with Crippen molar-refractivity contribution in [2.75, 3.05) is 13.1 Å². The highest BCUT2D eigenvalue weighted by molar-refractivity contribution is 5.65. The minimum atomic E-state index is 0.687. The first-order valence-electron chi connectivity index (χ1n) is 9.07. The van der Waals surface area contributed by atoms with Gasteiger partial charge in [0, 0.05) is 24.8 Å². The van der Waals surface area contributed by atoms with E-state index in [4.69, 9.17) is 0 Å². The van der Waals surface area contributed by atoms with E-state index in [1.165, 1.54) is 61.9 Å². The molecule has 0 saturated carbocycles. The monoisotopic (exact) mass is 311 g/mol. The van der Waals surface area contributed by atoms with E-state index in [-0.39, 0.29) is 0 Å². The summed E-state index contributed by atoms with van der Waals surface area (Å²) in [4.78, 5) is 2.71. The molecule has 0 N–H and O–H groups in total. The lowest BCUT2D eigenvalue weighted by Crippen LogP contribution is -2.40. The number of nitrogens with zero attached hydrogens (tertiary/aromatic N) is 3. The molecule has 1 aliphatic rings. The second kappa shape index (κ2) is 7.31. The molecule has 1 aromatic heterocycles. The lowest BCUT2D eigenvalue weighted by atomic mass is 9.84. The zero-order valence-corrected chi connectivity index (χ0v) is 14.8. The SMILES string of the molecule is CCCN(CCC)C1CCc2cccc(-c3ccn(C)n3)c2C1. The van der Waals surface area contributed by atoms with Crippen LogP contribution in [0, 0.1) is 0 Å². The number of aromatic nitrogens is 2. The van der Waals surface area contributed by atoms with Crippen LogP contribution in [-0.2, 0) is 19.9 Å². The molecule has 0 aliphatic heterocycles. The van der Waals surface area contributed by atoms with Gasteiger partial charge in [-0.05, 0) is 62.4 Å². The minimum absolute atomic E-state index is 0.687. The van der Waals surface area contributed by atoms with Crippen LogP contribution in [0.1, 0.15) is 44.2 Å². The first kappa shape index (κ1) is 16.3. The van der Waals surface area contributed by atoms with Crippen molar-refractivity contribution in [3.05, 3.63) is 41.6 Å². The molecule has 1 atom stereocenters. The third-order valence-electron chi connectivity index (χ3n) is 4.99. The predicted octanol–water partition coefficient (Wildman–Crippen LogP) is 4.07. The first-order chi connectivity index (χ1) is 11.2. The number of hydrogen-bond acceptors (Lipinski definition) is 2. The molecule has 0 fully saturated rings. The molecule has 3 nitrogen and oxygen atoms in total. The lowest BCUT2D eigenvalue weighted by Gasteiger charge is -2.35. The van der Waals surface area contributed by atoms with Crippen LogP contribution in [0.15, 0.2) is 30.5 Å². The molecule has 3 heteroatoms. The maximum Gasteiger partial charge on any atom is 0.0925 e. The van der Waals surface area contributed by atoms with Crippen molar-refractivity contribution in [1.82, 2.24) is 14.7 Å².